The van der Waals surface area contributed by atoms with E-state index >= 15 is 0 Å². The van der Waals surface area contributed by atoms with E-state index < -0.39 is 0 Å². The van der Waals surface area contributed by atoms with Gasteiger partial charge in [0, 0.05) is 54.7 Å². The predicted octanol–water partition coefficient (Wildman–Crippen LogP) is 14.1. The molecule has 10 aromatic rings. The summed E-state index contributed by atoms with van der Waals surface area (Å²) in [6.45, 7) is 0. The maximum Gasteiger partial charge on any atom is 0.0641 e. The summed E-state index contributed by atoms with van der Waals surface area (Å²) in [6, 6.07) is 71.9. The number of hydrogen-bond donors (Lipinski definition) is 0. The summed E-state index contributed by atoms with van der Waals surface area (Å²) in [5, 5.41) is 5.00. The van der Waals surface area contributed by atoms with E-state index in [1.165, 1.54) is 42.0 Å². The molecule has 0 radical (unpaired) electrons. The van der Waals surface area contributed by atoms with Gasteiger partial charge in [-0.3, -0.25) is 0 Å². The standard InChI is InChI=1S/C48H33N3S/c1-5-17-34(18-6-1)49(35-19-7-2-8-20-35)44-31-32-45(50(36-21-9-3-10-22-36)37-23-11-4-12-24-37)48-47(44)41-30-29-38(33-46(41)52-48)51-42-27-15-13-25-39(42)40-26-14-16-28-43(40)51/h1-33H. The van der Waals surface area contributed by atoms with Crippen LogP contribution in [0.25, 0.3) is 47.7 Å². The predicted molar refractivity (Wildman–Crippen MR) is 223 cm³/mol. The fourth-order valence-corrected chi connectivity index (χ4v) is 8.96. The third kappa shape index (κ3) is 4.96. The molecule has 10 rings (SSSR count). The molecule has 0 aliphatic rings. The van der Waals surface area contributed by atoms with Crippen molar-refractivity contribution < 1.29 is 0 Å². The number of rotatable bonds is 7. The minimum atomic E-state index is 1.12. The first kappa shape index (κ1) is 30.2. The molecule has 52 heavy (non-hydrogen) atoms. The number of benzene rings is 8. The lowest BCUT2D eigenvalue weighted by atomic mass is 10.0. The lowest BCUT2D eigenvalue weighted by Gasteiger charge is -2.29. The average Bonchev–Trinajstić information content (AvgIpc) is 3.77. The Hall–Kier alpha value is -6.62. The Kier molecular flexibility index (Phi) is 7.33. The highest BCUT2D eigenvalue weighted by Crippen LogP contribution is 2.51. The second kappa shape index (κ2) is 12.6. The van der Waals surface area contributed by atoms with Gasteiger partial charge in [-0.2, -0.15) is 0 Å². The van der Waals surface area contributed by atoms with E-state index in [0.717, 1.165) is 39.8 Å². The molecule has 2 heterocycles. The highest BCUT2D eigenvalue weighted by Gasteiger charge is 2.24. The second-order valence-electron chi connectivity index (χ2n) is 13.0. The Morgan fingerprint density at radius 3 is 1.29 bits per heavy atom. The van der Waals surface area contributed by atoms with Crippen molar-refractivity contribution in [2.75, 3.05) is 9.80 Å². The van der Waals surface area contributed by atoms with Crippen LogP contribution in [0.1, 0.15) is 0 Å². The summed E-state index contributed by atoms with van der Waals surface area (Å²) in [6.07, 6.45) is 0. The lowest BCUT2D eigenvalue weighted by Crippen LogP contribution is -2.12. The van der Waals surface area contributed by atoms with Gasteiger partial charge in [-0.15, -0.1) is 11.3 Å². The van der Waals surface area contributed by atoms with Gasteiger partial charge >= 0.3 is 0 Å². The van der Waals surface area contributed by atoms with Crippen molar-refractivity contribution in [3.63, 3.8) is 0 Å². The molecule has 2 aromatic heterocycles. The zero-order valence-corrected chi connectivity index (χ0v) is 29.1. The van der Waals surface area contributed by atoms with Crippen LogP contribution in [0.5, 0.6) is 0 Å². The van der Waals surface area contributed by atoms with E-state index in [1.807, 2.05) is 11.3 Å². The van der Waals surface area contributed by atoms with E-state index in [2.05, 4.69) is 215 Å². The topological polar surface area (TPSA) is 11.4 Å². The molecule has 0 spiro atoms. The van der Waals surface area contributed by atoms with Crippen LogP contribution < -0.4 is 9.80 Å². The Labute approximate surface area is 306 Å². The SMILES string of the molecule is c1ccc(N(c2ccccc2)c2ccc(N(c3ccccc3)c3ccccc3)c3c2sc2cc(-n4c5ccccc5c5ccccc54)ccc23)cc1. The fraction of sp³-hybridized carbons (Fsp3) is 0. The third-order valence-electron chi connectivity index (χ3n) is 9.94. The van der Waals surface area contributed by atoms with E-state index in [9.17, 15) is 0 Å². The summed E-state index contributed by atoms with van der Waals surface area (Å²) >= 11 is 1.87. The molecule has 3 nitrogen and oxygen atoms in total. The number of hydrogen-bond acceptors (Lipinski definition) is 3. The number of anilines is 6. The maximum atomic E-state index is 2.41. The van der Waals surface area contributed by atoms with Gasteiger partial charge in [0.05, 0.1) is 27.1 Å². The zero-order valence-electron chi connectivity index (χ0n) is 28.3. The van der Waals surface area contributed by atoms with Crippen molar-refractivity contribution in [1.82, 2.24) is 4.57 Å². The molecule has 0 bridgehead atoms. The van der Waals surface area contributed by atoms with Crippen molar-refractivity contribution >= 4 is 87.4 Å². The first-order chi connectivity index (χ1) is 25.8. The van der Waals surface area contributed by atoms with Crippen LogP contribution in [-0.4, -0.2) is 4.57 Å². The first-order valence-electron chi connectivity index (χ1n) is 17.6. The molecular weight excluding hydrogens is 651 g/mol. The first-order valence-corrected chi connectivity index (χ1v) is 18.4. The second-order valence-corrected chi connectivity index (χ2v) is 14.0. The minimum Gasteiger partial charge on any atom is -0.310 e. The monoisotopic (exact) mass is 683 g/mol. The molecule has 0 aliphatic carbocycles. The third-order valence-corrected chi connectivity index (χ3v) is 11.1. The highest BCUT2D eigenvalue weighted by atomic mass is 32.1. The molecule has 0 unspecified atom stereocenters. The van der Waals surface area contributed by atoms with Crippen LogP contribution in [-0.2, 0) is 0 Å². The number of para-hydroxylation sites is 6. The van der Waals surface area contributed by atoms with Crippen molar-refractivity contribution in [2.24, 2.45) is 0 Å². The van der Waals surface area contributed by atoms with Crippen LogP contribution in [0, 0.1) is 0 Å². The summed E-state index contributed by atoms with van der Waals surface area (Å²) in [5.41, 5.74) is 10.4. The van der Waals surface area contributed by atoms with Gasteiger partial charge in [0.15, 0.2) is 0 Å². The lowest BCUT2D eigenvalue weighted by molar-refractivity contribution is 1.19. The summed E-state index contributed by atoms with van der Waals surface area (Å²) in [7, 11) is 0. The van der Waals surface area contributed by atoms with E-state index in [0.29, 0.717) is 0 Å². The van der Waals surface area contributed by atoms with Gasteiger partial charge in [-0.25, -0.2) is 0 Å². The van der Waals surface area contributed by atoms with Gasteiger partial charge in [0.2, 0.25) is 0 Å². The van der Waals surface area contributed by atoms with E-state index in [-0.39, 0.29) is 0 Å². The normalized spacial score (nSPS) is 11.5. The van der Waals surface area contributed by atoms with Crippen molar-refractivity contribution in [1.29, 1.82) is 0 Å². The number of thiophene rings is 1. The van der Waals surface area contributed by atoms with Gasteiger partial charge in [0.1, 0.15) is 0 Å². The molecule has 0 saturated heterocycles. The van der Waals surface area contributed by atoms with Gasteiger partial charge in [-0.1, -0.05) is 115 Å². The van der Waals surface area contributed by atoms with Crippen LogP contribution >= 0.6 is 11.3 Å². The molecule has 0 atom stereocenters. The Morgan fingerprint density at radius 1 is 0.365 bits per heavy atom. The van der Waals surface area contributed by atoms with Gasteiger partial charge in [-0.05, 0) is 84.9 Å². The van der Waals surface area contributed by atoms with Crippen molar-refractivity contribution in [2.45, 2.75) is 0 Å². The summed E-state index contributed by atoms with van der Waals surface area (Å²) < 4.78 is 4.89. The molecular formula is C48H33N3S. The molecule has 4 heteroatoms. The summed E-state index contributed by atoms with van der Waals surface area (Å²) in [4.78, 5) is 4.79. The quantitative estimate of drug-likeness (QED) is 0.166. The fourth-order valence-electron chi connectivity index (χ4n) is 7.70. The Bertz CT molecular complexity index is 2710. The number of nitrogens with zero attached hydrogens (tertiary/aromatic N) is 3. The summed E-state index contributed by atoms with van der Waals surface area (Å²) in [5.74, 6) is 0. The minimum absolute atomic E-state index is 1.12. The highest BCUT2D eigenvalue weighted by molar-refractivity contribution is 7.26. The van der Waals surface area contributed by atoms with Crippen LogP contribution in [0.2, 0.25) is 0 Å². The van der Waals surface area contributed by atoms with E-state index in [4.69, 9.17) is 0 Å². The number of aromatic nitrogens is 1. The van der Waals surface area contributed by atoms with Gasteiger partial charge < -0.3 is 14.4 Å². The molecule has 0 N–H and O–H groups in total. The molecule has 8 aromatic carbocycles. The largest absolute Gasteiger partial charge is 0.310 e. The zero-order chi connectivity index (χ0) is 34.4. The van der Waals surface area contributed by atoms with Crippen LogP contribution in [0.15, 0.2) is 200 Å². The Balaban J connectivity index is 1.29. The maximum absolute atomic E-state index is 2.41. The molecule has 0 fully saturated rings. The van der Waals surface area contributed by atoms with Crippen molar-refractivity contribution in [3.8, 4) is 5.69 Å². The van der Waals surface area contributed by atoms with Gasteiger partial charge in [0.25, 0.3) is 0 Å². The van der Waals surface area contributed by atoms with Crippen LogP contribution in [0.4, 0.5) is 34.1 Å². The van der Waals surface area contributed by atoms with Crippen molar-refractivity contribution in [3.05, 3.63) is 200 Å². The average molecular weight is 684 g/mol. The van der Waals surface area contributed by atoms with E-state index in [1.54, 1.807) is 0 Å². The van der Waals surface area contributed by atoms with Crippen LogP contribution in [0.3, 0.4) is 0 Å². The molecule has 0 amide bonds. The molecule has 0 aliphatic heterocycles. The molecule has 0 saturated carbocycles. The molecule has 246 valence electrons. The number of fused-ring (bicyclic) bond motifs is 6. The smallest absolute Gasteiger partial charge is 0.0641 e. The Morgan fingerprint density at radius 2 is 0.788 bits per heavy atom.